The molecule has 0 aromatic heterocycles. The molecule has 128 valence electrons. The molecule has 1 aliphatic heterocycles. The van der Waals surface area contributed by atoms with Crippen LogP contribution >= 0.6 is 0 Å². The van der Waals surface area contributed by atoms with Crippen molar-refractivity contribution >= 4 is 21.4 Å². The van der Waals surface area contributed by atoms with E-state index in [1.165, 1.54) is 0 Å². The third-order valence-electron chi connectivity index (χ3n) is 4.31. The van der Waals surface area contributed by atoms with E-state index in [-0.39, 0.29) is 5.75 Å². The van der Waals surface area contributed by atoms with E-state index in [1.807, 2.05) is 43.0 Å². The fourth-order valence-electron chi connectivity index (χ4n) is 2.92. The number of aryl methyl sites for hydroxylation is 1. The number of benzene rings is 2. The Bertz CT molecular complexity index is 988. The van der Waals surface area contributed by atoms with Crippen molar-refractivity contribution in [2.75, 3.05) is 12.3 Å². The first-order chi connectivity index (χ1) is 11.9. The predicted molar refractivity (Wildman–Crippen MR) is 97.6 cm³/mol. The third-order valence-corrected chi connectivity index (χ3v) is 6.10. The van der Waals surface area contributed by atoms with Crippen molar-refractivity contribution in [2.24, 2.45) is 4.99 Å². The smallest absolute Gasteiger partial charge is 0.180 e. The standard InChI is InChI=1S/C19H19N3O2S/c1-14-7-8-18(17(11-14)12-20)21-15(2)22-9-10-25(23,24)19-6-4-3-5-16(19)13-22/h3-8,11H,9-10,13H2,1-2H3. The molecule has 0 radical (unpaired) electrons. The van der Waals surface area contributed by atoms with Crippen LogP contribution in [-0.2, 0) is 16.4 Å². The van der Waals surface area contributed by atoms with Crippen molar-refractivity contribution in [3.63, 3.8) is 0 Å². The molecule has 0 saturated carbocycles. The lowest BCUT2D eigenvalue weighted by atomic mass is 10.1. The van der Waals surface area contributed by atoms with Crippen LogP contribution in [0.15, 0.2) is 52.4 Å². The predicted octanol–water partition coefficient (Wildman–Crippen LogP) is 3.21. The molecule has 0 bridgehead atoms. The van der Waals surface area contributed by atoms with Gasteiger partial charge in [0.15, 0.2) is 9.84 Å². The average Bonchev–Trinajstić information content (AvgIpc) is 2.73. The van der Waals surface area contributed by atoms with Crippen LogP contribution in [0, 0.1) is 18.3 Å². The monoisotopic (exact) mass is 353 g/mol. The Morgan fingerprint density at radius 3 is 2.76 bits per heavy atom. The van der Waals surface area contributed by atoms with Gasteiger partial charge in [-0.2, -0.15) is 5.26 Å². The Labute approximate surface area is 148 Å². The van der Waals surface area contributed by atoms with Gasteiger partial charge in [0.25, 0.3) is 0 Å². The summed E-state index contributed by atoms with van der Waals surface area (Å²) in [6.07, 6.45) is 0. The van der Waals surface area contributed by atoms with Gasteiger partial charge in [0.2, 0.25) is 0 Å². The minimum absolute atomic E-state index is 0.0515. The molecule has 0 N–H and O–H groups in total. The van der Waals surface area contributed by atoms with E-state index in [0.717, 1.165) is 11.1 Å². The van der Waals surface area contributed by atoms with Gasteiger partial charge in [0.1, 0.15) is 11.9 Å². The van der Waals surface area contributed by atoms with Gasteiger partial charge in [0, 0.05) is 13.1 Å². The summed E-state index contributed by atoms with van der Waals surface area (Å²) < 4.78 is 24.9. The zero-order valence-electron chi connectivity index (χ0n) is 14.2. The summed E-state index contributed by atoms with van der Waals surface area (Å²) >= 11 is 0. The van der Waals surface area contributed by atoms with Crippen LogP contribution in [0.5, 0.6) is 0 Å². The van der Waals surface area contributed by atoms with E-state index in [1.54, 1.807) is 18.2 Å². The normalized spacial score (nSPS) is 16.7. The average molecular weight is 353 g/mol. The van der Waals surface area contributed by atoms with E-state index in [9.17, 15) is 13.7 Å². The lowest BCUT2D eigenvalue weighted by Crippen LogP contribution is -2.30. The molecule has 5 nitrogen and oxygen atoms in total. The summed E-state index contributed by atoms with van der Waals surface area (Å²) in [4.78, 5) is 6.93. The zero-order valence-corrected chi connectivity index (χ0v) is 15.0. The highest BCUT2D eigenvalue weighted by Crippen LogP contribution is 2.24. The molecule has 0 unspecified atom stereocenters. The number of sulfone groups is 1. The molecule has 0 aliphatic carbocycles. The molecule has 25 heavy (non-hydrogen) atoms. The van der Waals surface area contributed by atoms with Crippen LogP contribution in [0.2, 0.25) is 0 Å². The molecule has 0 saturated heterocycles. The highest BCUT2D eigenvalue weighted by atomic mass is 32.2. The van der Waals surface area contributed by atoms with E-state index >= 15 is 0 Å². The Balaban J connectivity index is 1.97. The molecule has 6 heteroatoms. The molecule has 0 spiro atoms. The van der Waals surface area contributed by atoms with E-state index in [2.05, 4.69) is 11.1 Å². The van der Waals surface area contributed by atoms with Crippen LogP contribution in [0.25, 0.3) is 0 Å². The molecule has 3 rings (SSSR count). The molecule has 0 atom stereocenters. The van der Waals surface area contributed by atoms with Crippen molar-refractivity contribution < 1.29 is 8.42 Å². The van der Waals surface area contributed by atoms with Crippen molar-refractivity contribution in [2.45, 2.75) is 25.3 Å². The van der Waals surface area contributed by atoms with Gasteiger partial charge in [-0.15, -0.1) is 0 Å². The van der Waals surface area contributed by atoms with Crippen LogP contribution < -0.4 is 0 Å². The van der Waals surface area contributed by atoms with Gasteiger partial charge in [-0.25, -0.2) is 13.4 Å². The largest absolute Gasteiger partial charge is 0.355 e. The first kappa shape index (κ1) is 17.2. The minimum Gasteiger partial charge on any atom is -0.355 e. The second kappa shape index (κ2) is 6.69. The number of amidine groups is 1. The maximum atomic E-state index is 12.4. The first-order valence-electron chi connectivity index (χ1n) is 8.02. The Hall–Kier alpha value is -2.65. The first-order valence-corrected chi connectivity index (χ1v) is 9.67. The second-order valence-electron chi connectivity index (χ2n) is 6.14. The maximum Gasteiger partial charge on any atom is 0.180 e. The lowest BCUT2D eigenvalue weighted by Gasteiger charge is -2.22. The van der Waals surface area contributed by atoms with Gasteiger partial charge >= 0.3 is 0 Å². The van der Waals surface area contributed by atoms with Gasteiger partial charge in [-0.1, -0.05) is 24.3 Å². The van der Waals surface area contributed by atoms with E-state index < -0.39 is 9.84 Å². The highest BCUT2D eigenvalue weighted by molar-refractivity contribution is 7.91. The fraction of sp³-hybridized carbons (Fsp3) is 0.263. The third kappa shape index (κ3) is 3.57. The van der Waals surface area contributed by atoms with Crippen LogP contribution in [0.1, 0.15) is 23.6 Å². The molecule has 1 heterocycles. The van der Waals surface area contributed by atoms with Gasteiger partial charge in [-0.05, 0) is 43.2 Å². The quantitative estimate of drug-likeness (QED) is 0.583. The molecular weight excluding hydrogens is 334 g/mol. The van der Waals surface area contributed by atoms with Gasteiger partial charge in [-0.3, -0.25) is 0 Å². The Morgan fingerprint density at radius 1 is 1.24 bits per heavy atom. The number of nitrogens with zero attached hydrogens (tertiary/aromatic N) is 3. The van der Waals surface area contributed by atoms with Crippen molar-refractivity contribution in [1.82, 2.24) is 4.90 Å². The minimum atomic E-state index is -3.29. The Kier molecular flexibility index (Phi) is 4.60. The van der Waals surface area contributed by atoms with Crippen molar-refractivity contribution in [3.05, 3.63) is 59.2 Å². The van der Waals surface area contributed by atoms with Gasteiger partial charge < -0.3 is 4.90 Å². The molecular formula is C19H19N3O2S. The topological polar surface area (TPSA) is 73.5 Å². The van der Waals surface area contributed by atoms with Gasteiger partial charge in [0.05, 0.1) is 21.9 Å². The van der Waals surface area contributed by atoms with Crippen LogP contribution in [-0.4, -0.2) is 31.5 Å². The number of aliphatic imine (C=N–C) groups is 1. The summed E-state index contributed by atoms with van der Waals surface area (Å²) in [5.41, 5.74) is 2.90. The number of rotatable bonds is 1. The summed E-state index contributed by atoms with van der Waals surface area (Å²) in [6.45, 7) is 4.64. The van der Waals surface area contributed by atoms with E-state index in [0.29, 0.717) is 35.1 Å². The summed E-state index contributed by atoms with van der Waals surface area (Å²) in [6, 6.07) is 14.8. The Morgan fingerprint density at radius 2 is 2.00 bits per heavy atom. The van der Waals surface area contributed by atoms with Crippen molar-refractivity contribution in [3.8, 4) is 6.07 Å². The zero-order chi connectivity index (χ0) is 18.0. The highest BCUT2D eigenvalue weighted by Gasteiger charge is 2.25. The summed E-state index contributed by atoms with van der Waals surface area (Å²) in [5, 5.41) is 9.30. The maximum absolute atomic E-state index is 12.4. The molecule has 2 aromatic rings. The molecule has 0 amide bonds. The van der Waals surface area contributed by atoms with Crippen molar-refractivity contribution in [1.29, 1.82) is 5.26 Å². The SMILES string of the molecule is CC(=Nc1ccc(C)cc1C#N)N1CCS(=O)(=O)c2ccccc2C1. The molecule has 1 aliphatic rings. The molecule has 2 aromatic carbocycles. The number of hydrogen-bond donors (Lipinski definition) is 0. The lowest BCUT2D eigenvalue weighted by molar-refractivity contribution is 0.435. The molecule has 0 fully saturated rings. The summed E-state index contributed by atoms with van der Waals surface area (Å²) in [7, 11) is -3.29. The number of nitriles is 1. The summed E-state index contributed by atoms with van der Waals surface area (Å²) in [5.74, 6) is 0.753. The fourth-order valence-corrected chi connectivity index (χ4v) is 4.42. The van der Waals surface area contributed by atoms with E-state index in [4.69, 9.17) is 0 Å². The van der Waals surface area contributed by atoms with Crippen LogP contribution in [0.3, 0.4) is 0 Å². The number of fused-ring (bicyclic) bond motifs is 1. The van der Waals surface area contributed by atoms with Crippen LogP contribution in [0.4, 0.5) is 5.69 Å². The second-order valence-corrected chi connectivity index (χ2v) is 8.22. The number of hydrogen-bond acceptors (Lipinski definition) is 4.